The first-order valence-corrected chi connectivity index (χ1v) is 5.46. The first-order valence-electron chi connectivity index (χ1n) is 4.34. The molecule has 1 aromatic rings. The van der Waals surface area contributed by atoms with Crippen molar-refractivity contribution in [1.82, 2.24) is 0 Å². The molecule has 0 aliphatic heterocycles. The second-order valence-corrected chi connectivity index (χ2v) is 3.81. The van der Waals surface area contributed by atoms with E-state index in [-0.39, 0.29) is 5.82 Å². The van der Waals surface area contributed by atoms with Gasteiger partial charge in [0, 0.05) is 24.6 Å². The highest BCUT2D eigenvalue weighted by Crippen LogP contribution is 2.13. The third-order valence-electron chi connectivity index (χ3n) is 1.93. The lowest BCUT2D eigenvalue weighted by atomic mass is 10.2. The summed E-state index contributed by atoms with van der Waals surface area (Å²) in [7, 11) is 1.86. The summed E-state index contributed by atoms with van der Waals surface area (Å²) < 4.78 is 12.6. The maximum absolute atomic E-state index is 12.6. The number of nitrogens with zero attached hydrogens (tertiary/aromatic N) is 1. The quantitative estimate of drug-likeness (QED) is 0.839. The molecule has 4 heteroatoms. The number of hydrogen-bond donors (Lipinski definition) is 1. The van der Waals surface area contributed by atoms with Crippen LogP contribution in [0, 0.1) is 5.82 Å². The molecule has 2 nitrogen and oxygen atoms in total. The Kier molecular flexibility index (Phi) is 4.35. The van der Waals surface area contributed by atoms with E-state index in [0.717, 1.165) is 5.69 Å². The van der Waals surface area contributed by atoms with Crippen LogP contribution in [0.15, 0.2) is 24.3 Å². The van der Waals surface area contributed by atoms with Crippen LogP contribution in [0.5, 0.6) is 0 Å². The van der Waals surface area contributed by atoms with Gasteiger partial charge in [0.05, 0.1) is 6.10 Å². The molecule has 0 saturated heterocycles. The second-order valence-electron chi connectivity index (χ2n) is 3.17. The first-order chi connectivity index (χ1) is 6.63. The van der Waals surface area contributed by atoms with Crippen molar-refractivity contribution in [2.75, 3.05) is 23.8 Å². The van der Waals surface area contributed by atoms with Crippen LogP contribution in [0.25, 0.3) is 0 Å². The number of aliphatic hydroxyl groups excluding tert-OH is 1. The van der Waals surface area contributed by atoms with Gasteiger partial charge in [-0.25, -0.2) is 4.39 Å². The number of likely N-dealkylation sites (N-methyl/N-ethyl adjacent to an activating group) is 1. The van der Waals surface area contributed by atoms with Crippen LogP contribution in [0.2, 0.25) is 0 Å². The van der Waals surface area contributed by atoms with E-state index in [1.165, 1.54) is 12.1 Å². The normalized spacial score (nSPS) is 12.6. The Bertz CT molecular complexity index is 278. The Morgan fingerprint density at radius 1 is 1.43 bits per heavy atom. The number of halogens is 2. The predicted octanol–water partition coefficient (Wildman–Crippen LogP) is 2.02. The van der Waals surface area contributed by atoms with E-state index in [1.807, 2.05) is 11.9 Å². The molecule has 1 rings (SSSR count). The van der Waals surface area contributed by atoms with E-state index in [0.29, 0.717) is 11.9 Å². The molecule has 0 saturated carbocycles. The summed E-state index contributed by atoms with van der Waals surface area (Å²) in [5, 5.41) is 9.92. The second kappa shape index (κ2) is 5.32. The Morgan fingerprint density at radius 3 is 2.50 bits per heavy atom. The molecule has 0 amide bonds. The maximum Gasteiger partial charge on any atom is 0.123 e. The molecule has 0 fully saturated rings. The Morgan fingerprint density at radius 2 is 2.00 bits per heavy atom. The Hall–Kier alpha value is -0.610. The summed E-state index contributed by atoms with van der Waals surface area (Å²) in [6.07, 6.45) is -0.412. The van der Waals surface area contributed by atoms with Gasteiger partial charge in [-0.2, -0.15) is 0 Å². The SMILES string of the molecule is CN(CC(O)CBr)c1ccc(F)cc1. The minimum atomic E-state index is -0.412. The van der Waals surface area contributed by atoms with Crippen molar-refractivity contribution in [3.05, 3.63) is 30.1 Å². The standard InChI is InChI=1S/C10H13BrFNO/c1-13(7-10(14)6-11)9-4-2-8(12)3-5-9/h2-5,10,14H,6-7H2,1H3. The van der Waals surface area contributed by atoms with Gasteiger partial charge < -0.3 is 10.0 Å². The first kappa shape index (κ1) is 11.5. The molecule has 1 atom stereocenters. The molecule has 14 heavy (non-hydrogen) atoms. The highest BCUT2D eigenvalue weighted by molar-refractivity contribution is 9.09. The van der Waals surface area contributed by atoms with Crippen LogP contribution in [0.3, 0.4) is 0 Å². The van der Waals surface area contributed by atoms with Crippen LogP contribution in [-0.4, -0.2) is 30.1 Å². The molecule has 0 radical (unpaired) electrons. The van der Waals surface area contributed by atoms with Crippen LogP contribution < -0.4 is 4.90 Å². The zero-order valence-electron chi connectivity index (χ0n) is 7.95. The molecule has 1 unspecified atom stereocenters. The van der Waals surface area contributed by atoms with Crippen LogP contribution in [-0.2, 0) is 0 Å². The van der Waals surface area contributed by atoms with Crippen molar-refractivity contribution in [1.29, 1.82) is 0 Å². The summed E-state index contributed by atoms with van der Waals surface area (Å²) in [6, 6.07) is 6.20. The lowest BCUT2D eigenvalue weighted by Gasteiger charge is -2.21. The van der Waals surface area contributed by atoms with Gasteiger partial charge in [0.2, 0.25) is 0 Å². The number of benzene rings is 1. The molecule has 0 aromatic heterocycles. The number of rotatable bonds is 4. The molecule has 0 aliphatic carbocycles. The lowest BCUT2D eigenvalue weighted by Crippen LogP contribution is -2.29. The molecule has 0 aliphatic rings. The van der Waals surface area contributed by atoms with Gasteiger partial charge in [-0.3, -0.25) is 0 Å². The highest BCUT2D eigenvalue weighted by atomic mass is 79.9. The Labute approximate surface area is 91.5 Å². The number of alkyl halides is 1. The largest absolute Gasteiger partial charge is 0.390 e. The van der Waals surface area contributed by atoms with Crippen molar-refractivity contribution in [3.8, 4) is 0 Å². The van der Waals surface area contributed by atoms with E-state index in [2.05, 4.69) is 15.9 Å². The summed E-state index contributed by atoms with van der Waals surface area (Å²) >= 11 is 3.19. The number of anilines is 1. The van der Waals surface area contributed by atoms with Crippen LogP contribution >= 0.6 is 15.9 Å². The minimum Gasteiger partial charge on any atom is -0.390 e. The summed E-state index contributed by atoms with van der Waals surface area (Å²) in [5.74, 6) is -0.247. The molecule has 78 valence electrons. The van der Waals surface area contributed by atoms with Crippen LogP contribution in [0.4, 0.5) is 10.1 Å². The minimum absolute atomic E-state index is 0.247. The highest BCUT2D eigenvalue weighted by Gasteiger charge is 2.06. The average Bonchev–Trinajstić information content (AvgIpc) is 2.18. The van der Waals surface area contributed by atoms with E-state index in [1.54, 1.807) is 12.1 Å². The van der Waals surface area contributed by atoms with E-state index >= 15 is 0 Å². The van der Waals surface area contributed by atoms with Crippen LogP contribution in [0.1, 0.15) is 0 Å². The summed E-state index contributed by atoms with van der Waals surface area (Å²) in [5.41, 5.74) is 0.895. The van der Waals surface area contributed by atoms with Gasteiger partial charge in [-0.15, -0.1) is 0 Å². The van der Waals surface area contributed by atoms with E-state index in [4.69, 9.17) is 0 Å². The fraction of sp³-hybridized carbons (Fsp3) is 0.400. The van der Waals surface area contributed by atoms with Gasteiger partial charge in [-0.1, -0.05) is 15.9 Å². The zero-order valence-corrected chi connectivity index (χ0v) is 9.54. The maximum atomic E-state index is 12.6. The third kappa shape index (κ3) is 3.27. The van der Waals surface area contributed by atoms with Crippen molar-refractivity contribution in [2.45, 2.75) is 6.10 Å². The van der Waals surface area contributed by atoms with E-state index < -0.39 is 6.10 Å². The topological polar surface area (TPSA) is 23.5 Å². The van der Waals surface area contributed by atoms with Gasteiger partial charge in [-0.05, 0) is 24.3 Å². The molecule has 1 aromatic carbocycles. The molecule has 0 bridgehead atoms. The number of aliphatic hydroxyl groups is 1. The summed E-state index contributed by atoms with van der Waals surface area (Å²) in [4.78, 5) is 1.88. The van der Waals surface area contributed by atoms with Crippen molar-refractivity contribution >= 4 is 21.6 Å². The molecule has 1 N–H and O–H groups in total. The Balaban J connectivity index is 2.60. The molecule has 0 heterocycles. The average molecular weight is 262 g/mol. The van der Waals surface area contributed by atoms with Gasteiger partial charge in [0.25, 0.3) is 0 Å². The number of hydrogen-bond acceptors (Lipinski definition) is 2. The fourth-order valence-corrected chi connectivity index (χ4v) is 1.37. The predicted molar refractivity (Wildman–Crippen MR) is 59.5 cm³/mol. The van der Waals surface area contributed by atoms with Gasteiger partial charge >= 0.3 is 0 Å². The monoisotopic (exact) mass is 261 g/mol. The lowest BCUT2D eigenvalue weighted by molar-refractivity contribution is 0.207. The molecular formula is C10H13BrFNO. The van der Waals surface area contributed by atoms with Crippen molar-refractivity contribution in [3.63, 3.8) is 0 Å². The van der Waals surface area contributed by atoms with Crippen molar-refractivity contribution < 1.29 is 9.50 Å². The summed E-state index contributed by atoms with van der Waals surface area (Å²) in [6.45, 7) is 0.525. The van der Waals surface area contributed by atoms with Gasteiger partial charge in [0.15, 0.2) is 0 Å². The third-order valence-corrected chi connectivity index (χ3v) is 2.68. The van der Waals surface area contributed by atoms with Crippen molar-refractivity contribution in [2.24, 2.45) is 0 Å². The molecular weight excluding hydrogens is 249 g/mol. The van der Waals surface area contributed by atoms with E-state index in [9.17, 15) is 9.50 Å². The molecule has 0 spiro atoms. The fourth-order valence-electron chi connectivity index (χ4n) is 1.17. The van der Waals surface area contributed by atoms with Gasteiger partial charge in [0.1, 0.15) is 5.82 Å². The zero-order chi connectivity index (χ0) is 10.6. The smallest absolute Gasteiger partial charge is 0.123 e.